The van der Waals surface area contributed by atoms with E-state index >= 15 is 0 Å². The third-order valence-corrected chi connectivity index (χ3v) is 4.90. The maximum atomic E-state index is 11.7. The van der Waals surface area contributed by atoms with Gasteiger partial charge in [-0.05, 0) is 54.2 Å². The topological polar surface area (TPSA) is 74.8 Å². The molecular weight excluding hydrogens is 364 g/mol. The first kappa shape index (κ1) is 22.3. The molecular formula is C23H32N4O2. The SMILES string of the molecule is CN=C(NCCc1cccc(C(=O)NC)c1)NCCC(C)c1ccc(OC)cc1. The van der Waals surface area contributed by atoms with E-state index in [2.05, 4.69) is 40.0 Å². The lowest BCUT2D eigenvalue weighted by Crippen LogP contribution is -2.39. The molecule has 0 aliphatic carbocycles. The summed E-state index contributed by atoms with van der Waals surface area (Å²) in [5, 5.41) is 9.35. The number of hydrogen-bond acceptors (Lipinski definition) is 3. The Bertz CT molecular complexity index is 803. The largest absolute Gasteiger partial charge is 0.497 e. The standard InChI is InChI=1S/C23H32N4O2/c1-17(19-8-10-21(29-4)11-9-19)12-14-26-23(25-3)27-15-13-18-6-5-7-20(16-18)22(28)24-2/h5-11,16-17H,12-15H2,1-4H3,(H,24,28)(H2,25,26,27). The van der Waals surface area contributed by atoms with Gasteiger partial charge in [0.2, 0.25) is 0 Å². The van der Waals surface area contributed by atoms with E-state index in [1.165, 1.54) is 5.56 Å². The first-order valence-electron chi connectivity index (χ1n) is 9.96. The summed E-state index contributed by atoms with van der Waals surface area (Å²) in [6, 6.07) is 15.9. The number of hydrogen-bond donors (Lipinski definition) is 3. The number of aliphatic imine (C=N–C) groups is 1. The number of methoxy groups -OCH3 is 1. The maximum absolute atomic E-state index is 11.7. The minimum Gasteiger partial charge on any atom is -0.497 e. The van der Waals surface area contributed by atoms with E-state index in [1.54, 1.807) is 21.2 Å². The molecule has 0 aromatic heterocycles. The number of guanidine groups is 1. The number of amides is 1. The van der Waals surface area contributed by atoms with Crippen LogP contribution < -0.4 is 20.7 Å². The first-order valence-corrected chi connectivity index (χ1v) is 9.96. The van der Waals surface area contributed by atoms with E-state index in [0.717, 1.165) is 43.2 Å². The monoisotopic (exact) mass is 396 g/mol. The number of ether oxygens (including phenoxy) is 1. The van der Waals surface area contributed by atoms with Crippen LogP contribution in [0.25, 0.3) is 0 Å². The normalized spacial score (nSPS) is 12.2. The van der Waals surface area contributed by atoms with Gasteiger partial charge in [0.05, 0.1) is 7.11 Å². The number of nitrogens with zero attached hydrogens (tertiary/aromatic N) is 1. The van der Waals surface area contributed by atoms with Crippen LogP contribution in [0.1, 0.15) is 40.7 Å². The lowest BCUT2D eigenvalue weighted by molar-refractivity contribution is 0.0963. The summed E-state index contributed by atoms with van der Waals surface area (Å²) in [6.07, 6.45) is 1.81. The van der Waals surface area contributed by atoms with Crippen LogP contribution >= 0.6 is 0 Å². The molecule has 0 fully saturated rings. The van der Waals surface area contributed by atoms with Crippen LogP contribution in [0.4, 0.5) is 0 Å². The summed E-state index contributed by atoms with van der Waals surface area (Å²) in [6.45, 7) is 3.79. The van der Waals surface area contributed by atoms with Crippen molar-refractivity contribution < 1.29 is 9.53 Å². The summed E-state index contributed by atoms with van der Waals surface area (Å²) in [5.74, 6) is 2.04. The molecule has 1 amide bonds. The molecule has 2 rings (SSSR count). The van der Waals surface area contributed by atoms with Crippen LogP contribution in [-0.2, 0) is 6.42 Å². The first-order chi connectivity index (χ1) is 14.1. The van der Waals surface area contributed by atoms with Crippen LogP contribution in [0, 0.1) is 0 Å². The Balaban J connectivity index is 1.74. The average Bonchev–Trinajstić information content (AvgIpc) is 2.77. The van der Waals surface area contributed by atoms with Gasteiger partial charge in [0, 0.05) is 32.7 Å². The third-order valence-electron chi connectivity index (χ3n) is 4.90. The minimum absolute atomic E-state index is 0.0664. The molecule has 0 saturated carbocycles. The number of carbonyl (C=O) groups is 1. The van der Waals surface area contributed by atoms with Crippen molar-refractivity contribution in [3.8, 4) is 5.75 Å². The van der Waals surface area contributed by atoms with Gasteiger partial charge in [0.15, 0.2) is 5.96 Å². The summed E-state index contributed by atoms with van der Waals surface area (Å²) in [5.41, 5.74) is 3.09. The van der Waals surface area contributed by atoms with Crippen LogP contribution in [-0.4, -0.2) is 46.2 Å². The quantitative estimate of drug-likeness (QED) is 0.450. The van der Waals surface area contributed by atoms with E-state index in [0.29, 0.717) is 11.5 Å². The summed E-state index contributed by atoms with van der Waals surface area (Å²) in [4.78, 5) is 16.0. The smallest absolute Gasteiger partial charge is 0.251 e. The number of benzene rings is 2. The van der Waals surface area contributed by atoms with Crippen molar-refractivity contribution in [2.75, 3.05) is 34.3 Å². The molecule has 0 radical (unpaired) electrons. The van der Waals surface area contributed by atoms with Crippen molar-refractivity contribution in [1.82, 2.24) is 16.0 Å². The second kappa shape index (κ2) is 11.7. The van der Waals surface area contributed by atoms with Gasteiger partial charge in [-0.15, -0.1) is 0 Å². The summed E-state index contributed by atoms with van der Waals surface area (Å²) >= 11 is 0. The molecule has 2 aromatic carbocycles. The van der Waals surface area contributed by atoms with Gasteiger partial charge < -0.3 is 20.7 Å². The number of rotatable bonds is 9. The predicted molar refractivity (Wildman–Crippen MR) is 119 cm³/mol. The molecule has 1 atom stereocenters. The minimum atomic E-state index is -0.0664. The zero-order valence-electron chi connectivity index (χ0n) is 17.8. The van der Waals surface area contributed by atoms with Crippen molar-refractivity contribution in [3.05, 3.63) is 65.2 Å². The Hall–Kier alpha value is -3.02. The van der Waals surface area contributed by atoms with Crippen LogP contribution in [0.15, 0.2) is 53.5 Å². The zero-order chi connectivity index (χ0) is 21.1. The van der Waals surface area contributed by atoms with E-state index in [9.17, 15) is 4.79 Å². The molecule has 0 spiro atoms. The number of nitrogens with one attached hydrogen (secondary N) is 3. The Morgan fingerprint density at radius 3 is 2.48 bits per heavy atom. The van der Waals surface area contributed by atoms with Crippen LogP contribution in [0.2, 0.25) is 0 Å². The van der Waals surface area contributed by atoms with Gasteiger partial charge in [0.25, 0.3) is 5.91 Å². The number of carbonyl (C=O) groups excluding carboxylic acids is 1. The fourth-order valence-electron chi connectivity index (χ4n) is 3.06. The highest BCUT2D eigenvalue weighted by molar-refractivity contribution is 5.94. The Morgan fingerprint density at radius 2 is 1.83 bits per heavy atom. The van der Waals surface area contributed by atoms with Crippen molar-refractivity contribution >= 4 is 11.9 Å². The zero-order valence-corrected chi connectivity index (χ0v) is 17.8. The van der Waals surface area contributed by atoms with Gasteiger partial charge in [0.1, 0.15) is 5.75 Å². The van der Waals surface area contributed by atoms with Crippen molar-refractivity contribution in [2.24, 2.45) is 4.99 Å². The fourth-order valence-corrected chi connectivity index (χ4v) is 3.06. The second-order valence-electron chi connectivity index (χ2n) is 6.92. The van der Waals surface area contributed by atoms with Crippen LogP contribution in [0.5, 0.6) is 5.75 Å². The lowest BCUT2D eigenvalue weighted by Gasteiger charge is -2.15. The fraction of sp³-hybridized carbons (Fsp3) is 0.391. The summed E-state index contributed by atoms with van der Waals surface area (Å²) in [7, 11) is 5.09. The van der Waals surface area contributed by atoms with Gasteiger partial charge in [-0.3, -0.25) is 9.79 Å². The van der Waals surface area contributed by atoms with Gasteiger partial charge >= 0.3 is 0 Å². The molecule has 2 aromatic rings. The molecule has 0 bridgehead atoms. The van der Waals surface area contributed by atoms with Gasteiger partial charge in [-0.1, -0.05) is 31.2 Å². The van der Waals surface area contributed by atoms with Crippen LogP contribution in [0.3, 0.4) is 0 Å². The maximum Gasteiger partial charge on any atom is 0.251 e. The van der Waals surface area contributed by atoms with E-state index in [4.69, 9.17) is 4.74 Å². The van der Waals surface area contributed by atoms with E-state index in [1.807, 2.05) is 36.4 Å². The highest BCUT2D eigenvalue weighted by Crippen LogP contribution is 2.21. The van der Waals surface area contributed by atoms with E-state index in [-0.39, 0.29) is 5.91 Å². The molecule has 1 unspecified atom stereocenters. The molecule has 6 nitrogen and oxygen atoms in total. The highest BCUT2D eigenvalue weighted by atomic mass is 16.5. The molecule has 0 heterocycles. The Morgan fingerprint density at radius 1 is 1.10 bits per heavy atom. The lowest BCUT2D eigenvalue weighted by atomic mass is 9.98. The van der Waals surface area contributed by atoms with Gasteiger partial charge in [-0.2, -0.15) is 0 Å². The second-order valence-corrected chi connectivity index (χ2v) is 6.92. The average molecular weight is 397 g/mol. The Kier molecular flexibility index (Phi) is 9.02. The molecule has 29 heavy (non-hydrogen) atoms. The highest BCUT2D eigenvalue weighted by Gasteiger charge is 2.07. The molecule has 156 valence electrons. The Labute approximate surface area is 173 Å². The molecule has 0 aliphatic rings. The van der Waals surface area contributed by atoms with Crippen molar-refractivity contribution in [1.29, 1.82) is 0 Å². The van der Waals surface area contributed by atoms with Crippen molar-refractivity contribution in [3.63, 3.8) is 0 Å². The summed E-state index contributed by atoms with van der Waals surface area (Å²) < 4.78 is 5.21. The molecule has 6 heteroatoms. The predicted octanol–water partition coefficient (Wildman–Crippen LogP) is 2.96. The van der Waals surface area contributed by atoms with E-state index < -0.39 is 0 Å². The van der Waals surface area contributed by atoms with Gasteiger partial charge in [-0.25, -0.2) is 0 Å². The van der Waals surface area contributed by atoms with Crippen molar-refractivity contribution in [2.45, 2.75) is 25.7 Å². The third kappa shape index (κ3) is 7.14. The molecule has 3 N–H and O–H groups in total. The molecule has 0 aliphatic heterocycles. The molecule has 0 saturated heterocycles.